The molecule has 0 radical (unpaired) electrons. The zero-order chi connectivity index (χ0) is 17.4. The zero-order valence-corrected chi connectivity index (χ0v) is 13.4. The molecule has 0 saturated carbocycles. The number of aromatic nitrogens is 3. The van der Waals surface area contributed by atoms with Gasteiger partial charge in [0.2, 0.25) is 5.71 Å². The van der Waals surface area contributed by atoms with Crippen LogP contribution in [-0.2, 0) is 6.54 Å². The van der Waals surface area contributed by atoms with Gasteiger partial charge in [-0.05, 0) is 24.6 Å². The summed E-state index contributed by atoms with van der Waals surface area (Å²) in [6, 6.07) is 9.55. The van der Waals surface area contributed by atoms with Crippen LogP contribution in [0.25, 0.3) is 22.0 Å². The Hall–Kier alpha value is -3.48. The Morgan fingerprint density at radius 1 is 1.24 bits per heavy atom. The van der Waals surface area contributed by atoms with Crippen molar-refractivity contribution in [3.63, 3.8) is 0 Å². The number of furan rings is 1. The third-order valence-corrected chi connectivity index (χ3v) is 4.07. The summed E-state index contributed by atoms with van der Waals surface area (Å²) < 4.78 is 5.42. The summed E-state index contributed by atoms with van der Waals surface area (Å²) in [5.74, 6) is -0.0214. The fraction of sp³-hybridized carbons (Fsp3) is 0.111. The molecule has 1 amide bonds. The second-order valence-electron chi connectivity index (χ2n) is 5.61. The van der Waals surface area contributed by atoms with Gasteiger partial charge in [-0.25, -0.2) is 4.98 Å². The third-order valence-electron chi connectivity index (χ3n) is 4.07. The quantitative estimate of drug-likeness (QED) is 0.599. The van der Waals surface area contributed by atoms with Crippen LogP contribution in [0, 0.1) is 6.92 Å². The van der Waals surface area contributed by atoms with Crippen molar-refractivity contribution in [3.05, 3.63) is 70.1 Å². The van der Waals surface area contributed by atoms with Gasteiger partial charge in [0.1, 0.15) is 11.1 Å². The predicted octanol–water partition coefficient (Wildman–Crippen LogP) is 2.30. The Kier molecular flexibility index (Phi) is 3.53. The molecule has 0 saturated heterocycles. The molecule has 4 rings (SSSR count). The molecular formula is C18H14N4O3. The zero-order valence-electron chi connectivity index (χ0n) is 13.4. The highest BCUT2D eigenvalue weighted by Gasteiger charge is 2.21. The molecular weight excluding hydrogens is 320 g/mol. The standard InChI is InChI=1S/C18H14N4O3/c1-10-14(15-17(24)21-9-22-18(15)25-10)16(23)20-8-11-4-2-6-13-12(11)5-3-7-19-13/h2-7,9H,8H2,1H3,(H,20,23)(H,21,22,24). The van der Waals surface area contributed by atoms with Crippen LogP contribution in [0.1, 0.15) is 21.7 Å². The van der Waals surface area contributed by atoms with Crippen molar-refractivity contribution in [1.29, 1.82) is 0 Å². The molecule has 4 aromatic rings. The minimum atomic E-state index is -0.402. The van der Waals surface area contributed by atoms with Crippen molar-refractivity contribution >= 4 is 27.9 Å². The first-order chi connectivity index (χ1) is 12.1. The molecule has 0 unspecified atom stereocenters. The van der Waals surface area contributed by atoms with Crippen molar-refractivity contribution in [1.82, 2.24) is 20.3 Å². The normalized spacial score (nSPS) is 11.1. The van der Waals surface area contributed by atoms with Gasteiger partial charge in [-0.3, -0.25) is 14.6 Å². The predicted molar refractivity (Wildman–Crippen MR) is 92.3 cm³/mol. The summed E-state index contributed by atoms with van der Waals surface area (Å²) >= 11 is 0. The number of rotatable bonds is 3. The maximum absolute atomic E-state index is 12.6. The lowest BCUT2D eigenvalue weighted by atomic mass is 10.1. The molecule has 7 nitrogen and oxygen atoms in total. The molecule has 0 aliphatic heterocycles. The van der Waals surface area contributed by atoms with E-state index in [1.807, 2.05) is 30.3 Å². The van der Waals surface area contributed by atoms with Crippen LogP contribution in [0.5, 0.6) is 0 Å². The minimum Gasteiger partial charge on any atom is -0.442 e. The van der Waals surface area contributed by atoms with Crippen LogP contribution in [0.4, 0.5) is 0 Å². The van der Waals surface area contributed by atoms with E-state index in [2.05, 4.69) is 20.3 Å². The first-order valence-electron chi connectivity index (χ1n) is 7.73. The Labute approximate surface area is 141 Å². The van der Waals surface area contributed by atoms with Gasteiger partial charge < -0.3 is 14.7 Å². The maximum atomic E-state index is 12.6. The minimum absolute atomic E-state index is 0.153. The fourth-order valence-corrected chi connectivity index (χ4v) is 2.91. The number of amides is 1. The van der Waals surface area contributed by atoms with Gasteiger partial charge in [0.15, 0.2) is 0 Å². The number of carbonyl (C=O) groups excluding carboxylic acids is 1. The summed E-state index contributed by atoms with van der Waals surface area (Å²) in [7, 11) is 0. The van der Waals surface area contributed by atoms with Crippen LogP contribution in [0.2, 0.25) is 0 Å². The largest absolute Gasteiger partial charge is 0.442 e. The number of aryl methyl sites for hydroxylation is 1. The number of nitrogens with one attached hydrogen (secondary N) is 2. The first-order valence-corrected chi connectivity index (χ1v) is 7.73. The average Bonchev–Trinajstić information content (AvgIpc) is 2.97. The van der Waals surface area contributed by atoms with E-state index in [1.165, 1.54) is 6.33 Å². The number of hydrogen-bond donors (Lipinski definition) is 2. The summed E-state index contributed by atoms with van der Waals surface area (Å²) in [6.07, 6.45) is 2.98. The van der Waals surface area contributed by atoms with E-state index in [9.17, 15) is 9.59 Å². The number of H-pyrrole nitrogens is 1. The van der Waals surface area contributed by atoms with E-state index in [-0.39, 0.29) is 22.6 Å². The molecule has 0 bridgehead atoms. The van der Waals surface area contributed by atoms with Crippen LogP contribution >= 0.6 is 0 Å². The SMILES string of the molecule is Cc1oc2nc[nH]c(=O)c2c1C(=O)NCc1cccc2ncccc12. The van der Waals surface area contributed by atoms with Crippen molar-refractivity contribution < 1.29 is 9.21 Å². The summed E-state index contributed by atoms with van der Waals surface area (Å²) in [5, 5.41) is 3.98. The lowest BCUT2D eigenvalue weighted by molar-refractivity contribution is 0.0951. The van der Waals surface area contributed by atoms with Crippen molar-refractivity contribution in [2.45, 2.75) is 13.5 Å². The van der Waals surface area contributed by atoms with E-state index < -0.39 is 5.56 Å². The topological polar surface area (TPSA) is 101 Å². The van der Waals surface area contributed by atoms with E-state index in [4.69, 9.17) is 4.42 Å². The average molecular weight is 334 g/mol. The number of hydrogen-bond acceptors (Lipinski definition) is 5. The molecule has 2 N–H and O–H groups in total. The van der Waals surface area contributed by atoms with Gasteiger partial charge in [0, 0.05) is 18.1 Å². The lowest BCUT2D eigenvalue weighted by Crippen LogP contribution is -2.24. The van der Waals surface area contributed by atoms with Crippen LogP contribution in [0.3, 0.4) is 0 Å². The van der Waals surface area contributed by atoms with Gasteiger partial charge >= 0.3 is 0 Å². The fourth-order valence-electron chi connectivity index (χ4n) is 2.91. The Bertz CT molecular complexity index is 1150. The van der Waals surface area contributed by atoms with Crippen LogP contribution < -0.4 is 10.9 Å². The second-order valence-corrected chi connectivity index (χ2v) is 5.61. The third kappa shape index (κ3) is 2.55. The molecule has 0 atom stereocenters. The summed E-state index contributed by atoms with van der Waals surface area (Å²) in [4.78, 5) is 35.4. The number of nitrogens with zero attached hydrogens (tertiary/aromatic N) is 2. The Morgan fingerprint density at radius 2 is 2.12 bits per heavy atom. The lowest BCUT2D eigenvalue weighted by Gasteiger charge is -2.08. The van der Waals surface area contributed by atoms with Gasteiger partial charge in [-0.2, -0.15) is 0 Å². The van der Waals surface area contributed by atoms with Crippen molar-refractivity contribution in [3.8, 4) is 0 Å². The molecule has 0 spiro atoms. The van der Waals surface area contributed by atoms with E-state index >= 15 is 0 Å². The molecule has 124 valence electrons. The Morgan fingerprint density at radius 3 is 3.00 bits per heavy atom. The van der Waals surface area contributed by atoms with E-state index in [0.29, 0.717) is 12.3 Å². The smallest absolute Gasteiger partial charge is 0.262 e. The molecule has 1 aromatic carbocycles. The molecule has 25 heavy (non-hydrogen) atoms. The number of fused-ring (bicyclic) bond motifs is 2. The molecule has 3 aromatic heterocycles. The molecule has 3 heterocycles. The number of pyridine rings is 1. The highest BCUT2D eigenvalue weighted by Crippen LogP contribution is 2.21. The van der Waals surface area contributed by atoms with Crippen LogP contribution in [0.15, 0.2) is 52.1 Å². The summed E-state index contributed by atoms with van der Waals surface area (Å²) in [5.41, 5.74) is 1.76. The van der Waals surface area contributed by atoms with Crippen molar-refractivity contribution in [2.24, 2.45) is 0 Å². The van der Waals surface area contributed by atoms with Crippen molar-refractivity contribution in [2.75, 3.05) is 0 Å². The first kappa shape index (κ1) is 15.1. The van der Waals surface area contributed by atoms with E-state index in [1.54, 1.807) is 13.1 Å². The molecule has 7 heteroatoms. The number of carbonyl (C=O) groups is 1. The van der Waals surface area contributed by atoms with E-state index in [0.717, 1.165) is 16.5 Å². The Balaban J connectivity index is 1.67. The van der Waals surface area contributed by atoms with Gasteiger partial charge in [0.05, 0.1) is 17.4 Å². The second kappa shape index (κ2) is 5.86. The van der Waals surface area contributed by atoms with Gasteiger partial charge in [-0.1, -0.05) is 18.2 Å². The summed E-state index contributed by atoms with van der Waals surface area (Å²) in [6.45, 7) is 1.95. The highest BCUT2D eigenvalue weighted by molar-refractivity contribution is 6.06. The molecule has 0 aliphatic carbocycles. The maximum Gasteiger partial charge on any atom is 0.262 e. The highest BCUT2D eigenvalue weighted by atomic mass is 16.3. The number of benzene rings is 1. The molecule has 0 aliphatic rings. The number of aromatic amines is 1. The van der Waals surface area contributed by atoms with Crippen LogP contribution in [-0.4, -0.2) is 20.9 Å². The van der Waals surface area contributed by atoms with Gasteiger partial charge in [-0.15, -0.1) is 0 Å². The monoisotopic (exact) mass is 334 g/mol. The molecule has 0 fully saturated rings. The van der Waals surface area contributed by atoms with Gasteiger partial charge in [0.25, 0.3) is 11.5 Å².